The zero-order chi connectivity index (χ0) is 11.3. The van der Waals surface area contributed by atoms with E-state index in [0.717, 1.165) is 5.56 Å². The van der Waals surface area contributed by atoms with Crippen LogP contribution in [-0.4, -0.2) is 17.4 Å². The molecule has 0 spiro atoms. The van der Waals surface area contributed by atoms with Crippen molar-refractivity contribution >= 4 is 28.5 Å². The lowest BCUT2D eigenvalue weighted by atomic mass is 10.2. The van der Waals surface area contributed by atoms with Crippen molar-refractivity contribution in [2.45, 2.75) is 6.54 Å². The van der Waals surface area contributed by atoms with E-state index in [9.17, 15) is 9.18 Å². The number of benzene rings is 1. The van der Waals surface area contributed by atoms with Gasteiger partial charge in [0.25, 0.3) is 0 Å². The van der Waals surface area contributed by atoms with Crippen molar-refractivity contribution in [2.24, 2.45) is 0 Å². The number of nitrogens with one attached hydrogen (secondary N) is 1. The summed E-state index contributed by atoms with van der Waals surface area (Å²) in [4.78, 5) is 11.0. The molecule has 0 fully saturated rings. The van der Waals surface area contributed by atoms with Crippen LogP contribution in [0.2, 0.25) is 0 Å². The Bertz CT molecular complexity index is 357. The van der Waals surface area contributed by atoms with Gasteiger partial charge in [-0.1, -0.05) is 28.7 Å². The van der Waals surface area contributed by atoms with Crippen molar-refractivity contribution in [2.75, 3.05) is 11.5 Å². The maximum Gasteiger partial charge on any atom is 0.230 e. The first-order chi connectivity index (χ1) is 7.17. The van der Waals surface area contributed by atoms with Gasteiger partial charge in [0, 0.05) is 18.2 Å². The summed E-state index contributed by atoms with van der Waals surface area (Å²) < 4.78 is 18.2. The highest BCUT2D eigenvalue weighted by atomic mass is 127. The van der Waals surface area contributed by atoms with E-state index < -0.39 is 0 Å². The molecule has 0 bridgehead atoms. The van der Waals surface area contributed by atoms with Crippen LogP contribution < -0.4 is 10.1 Å². The minimum Gasteiger partial charge on any atom is -0.496 e. The molecule has 0 unspecified atom stereocenters. The van der Waals surface area contributed by atoms with E-state index in [-0.39, 0.29) is 11.7 Å². The van der Waals surface area contributed by atoms with Crippen LogP contribution in [0.4, 0.5) is 4.39 Å². The number of carbonyl (C=O) groups excluding carboxylic acids is 1. The molecule has 0 aliphatic heterocycles. The summed E-state index contributed by atoms with van der Waals surface area (Å²) >= 11 is 1.98. The van der Waals surface area contributed by atoms with Gasteiger partial charge in [-0.05, 0) is 6.07 Å². The molecule has 0 atom stereocenters. The molecule has 0 aromatic heterocycles. The van der Waals surface area contributed by atoms with E-state index in [2.05, 4.69) is 5.32 Å². The topological polar surface area (TPSA) is 38.3 Å². The minimum absolute atomic E-state index is 0.0537. The van der Waals surface area contributed by atoms with Crippen LogP contribution in [0, 0.1) is 5.82 Å². The van der Waals surface area contributed by atoms with Crippen molar-refractivity contribution in [3.05, 3.63) is 29.6 Å². The number of carbonyl (C=O) groups is 1. The highest BCUT2D eigenvalue weighted by molar-refractivity contribution is 14.1. The molecule has 0 aliphatic carbocycles. The lowest BCUT2D eigenvalue weighted by Gasteiger charge is -2.08. The van der Waals surface area contributed by atoms with Gasteiger partial charge in [-0.3, -0.25) is 4.79 Å². The molecule has 82 valence electrons. The van der Waals surface area contributed by atoms with E-state index in [4.69, 9.17) is 4.74 Å². The van der Waals surface area contributed by atoms with Gasteiger partial charge in [0.2, 0.25) is 5.91 Å². The van der Waals surface area contributed by atoms with Gasteiger partial charge < -0.3 is 10.1 Å². The zero-order valence-corrected chi connectivity index (χ0v) is 10.4. The van der Waals surface area contributed by atoms with Crippen LogP contribution in [0.15, 0.2) is 18.2 Å². The van der Waals surface area contributed by atoms with Gasteiger partial charge in [-0.15, -0.1) is 0 Å². The molecule has 1 aromatic carbocycles. The second kappa shape index (κ2) is 5.89. The number of halogens is 2. The van der Waals surface area contributed by atoms with Crippen LogP contribution in [0.3, 0.4) is 0 Å². The van der Waals surface area contributed by atoms with Crippen molar-refractivity contribution in [3.63, 3.8) is 0 Å². The Balaban J connectivity index is 2.72. The molecule has 15 heavy (non-hydrogen) atoms. The van der Waals surface area contributed by atoms with Gasteiger partial charge in [-0.2, -0.15) is 0 Å². The lowest BCUT2D eigenvalue weighted by molar-refractivity contribution is -0.118. The average molecular weight is 323 g/mol. The van der Waals surface area contributed by atoms with Crippen LogP contribution >= 0.6 is 22.6 Å². The van der Waals surface area contributed by atoms with Gasteiger partial charge >= 0.3 is 0 Å². The van der Waals surface area contributed by atoms with Crippen molar-refractivity contribution in [3.8, 4) is 5.75 Å². The monoisotopic (exact) mass is 323 g/mol. The third-order valence-electron chi connectivity index (χ3n) is 1.85. The minimum atomic E-state index is -0.351. The molecule has 5 heteroatoms. The quantitative estimate of drug-likeness (QED) is 0.679. The van der Waals surface area contributed by atoms with Gasteiger partial charge in [0.1, 0.15) is 11.6 Å². The molecule has 0 saturated heterocycles. The zero-order valence-electron chi connectivity index (χ0n) is 8.22. The third-order valence-corrected chi connectivity index (χ3v) is 2.54. The van der Waals surface area contributed by atoms with E-state index in [1.807, 2.05) is 22.6 Å². The molecule has 0 heterocycles. The standard InChI is InChI=1S/C10H11FINO2/c1-15-9-4-8(11)3-2-7(9)6-13-10(14)5-12/h2-4H,5-6H2,1H3,(H,13,14). The van der Waals surface area contributed by atoms with Crippen molar-refractivity contribution < 1.29 is 13.9 Å². The first-order valence-electron chi connectivity index (χ1n) is 4.32. The van der Waals surface area contributed by atoms with Gasteiger partial charge in [-0.25, -0.2) is 4.39 Å². The third kappa shape index (κ3) is 3.65. The summed E-state index contributed by atoms with van der Waals surface area (Å²) in [5.41, 5.74) is 0.761. The molecule has 1 aromatic rings. The van der Waals surface area contributed by atoms with Crippen LogP contribution in [0.1, 0.15) is 5.56 Å². The van der Waals surface area contributed by atoms with Gasteiger partial charge in [0.05, 0.1) is 11.5 Å². The lowest BCUT2D eigenvalue weighted by Crippen LogP contribution is -2.23. The molecule has 0 radical (unpaired) electrons. The van der Waals surface area contributed by atoms with Gasteiger partial charge in [0.15, 0.2) is 0 Å². The number of rotatable bonds is 4. The highest BCUT2D eigenvalue weighted by Gasteiger charge is 2.05. The normalized spacial score (nSPS) is 9.80. The molecule has 1 N–H and O–H groups in total. The fourth-order valence-corrected chi connectivity index (χ4v) is 1.38. The molecule has 1 amide bonds. The summed E-state index contributed by atoms with van der Waals surface area (Å²) in [7, 11) is 1.47. The first kappa shape index (κ1) is 12.2. The van der Waals surface area contributed by atoms with E-state index in [0.29, 0.717) is 16.7 Å². The molecule has 0 saturated carbocycles. The fourth-order valence-electron chi connectivity index (χ4n) is 1.11. The number of hydrogen-bond donors (Lipinski definition) is 1. The Morgan fingerprint density at radius 3 is 2.93 bits per heavy atom. The Morgan fingerprint density at radius 1 is 1.60 bits per heavy atom. The van der Waals surface area contributed by atoms with Crippen molar-refractivity contribution in [1.29, 1.82) is 0 Å². The van der Waals surface area contributed by atoms with E-state index in [1.54, 1.807) is 6.07 Å². The van der Waals surface area contributed by atoms with Crippen LogP contribution in [0.25, 0.3) is 0 Å². The Morgan fingerprint density at radius 2 is 2.33 bits per heavy atom. The summed E-state index contributed by atoms with van der Waals surface area (Å²) in [6.07, 6.45) is 0. The van der Waals surface area contributed by atoms with Crippen LogP contribution in [-0.2, 0) is 11.3 Å². The predicted molar refractivity (Wildman–Crippen MR) is 63.7 cm³/mol. The summed E-state index contributed by atoms with van der Waals surface area (Å²) in [6.45, 7) is 0.352. The Hall–Kier alpha value is -0.850. The molecular formula is C10H11FINO2. The number of alkyl halides is 1. The molecule has 3 nitrogen and oxygen atoms in total. The SMILES string of the molecule is COc1cc(F)ccc1CNC(=O)CI. The van der Waals surface area contributed by atoms with Crippen molar-refractivity contribution in [1.82, 2.24) is 5.32 Å². The fraction of sp³-hybridized carbons (Fsp3) is 0.300. The average Bonchev–Trinajstić information content (AvgIpc) is 2.26. The van der Waals surface area contributed by atoms with E-state index in [1.165, 1.54) is 19.2 Å². The van der Waals surface area contributed by atoms with Crippen LogP contribution in [0.5, 0.6) is 5.75 Å². The van der Waals surface area contributed by atoms with E-state index >= 15 is 0 Å². The second-order valence-electron chi connectivity index (χ2n) is 2.87. The summed E-state index contributed by atoms with van der Waals surface area (Å²) in [5, 5.41) is 2.69. The maximum atomic E-state index is 12.8. The molecule has 0 aliphatic rings. The highest BCUT2D eigenvalue weighted by Crippen LogP contribution is 2.19. The predicted octanol–water partition coefficient (Wildman–Crippen LogP) is 1.89. The Labute approximate surface area is 101 Å². The number of amides is 1. The summed E-state index contributed by atoms with van der Waals surface area (Å²) in [5.74, 6) is 0.0431. The number of hydrogen-bond acceptors (Lipinski definition) is 2. The molecule has 1 rings (SSSR count). The molecular weight excluding hydrogens is 312 g/mol. The Kier molecular flexibility index (Phi) is 4.80. The summed E-state index contributed by atoms with van der Waals surface area (Å²) in [6, 6.07) is 4.24. The largest absolute Gasteiger partial charge is 0.496 e. The first-order valence-corrected chi connectivity index (χ1v) is 5.85. The second-order valence-corrected chi connectivity index (χ2v) is 3.63. The smallest absolute Gasteiger partial charge is 0.230 e. The number of ether oxygens (including phenoxy) is 1. The number of methoxy groups -OCH3 is 1. The maximum absolute atomic E-state index is 12.8.